The number of rotatable bonds is 9. The number of amides is 1. The van der Waals surface area contributed by atoms with E-state index in [0.29, 0.717) is 13.1 Å². The van der Waals surface area contributed by atoms with Gasteiger partial charge in [0.25, 0.3) is 0 Å². The Morgan fingerprint density at radius 3 is 2.62 bits per heavy atom. The molecule has 0 aromatic rings. The smallest absolute Gasteiger partial charge is 0.234 e. The van der Waals surface area contributed by atoms with Gasteiger partial charge in [0.1, 0.15) is 0 Å². The van der Waals surface area contributed by atoms with Crippen LogP contribution in [0.5, 0.6) is 0 Å². The quantitative estimate of drug-likeness (QED) is 0.467. The third kappa shape index (κ3) is 6.62. The van der Waals surface area contributed by atoms with Crippen LogP contribution in [-0.2, 0) is 4.79 Å². The van der Waals surface area contributed by atoms with Crippen LogP contribution in [0.1, 0.15) is 46.5 Å². The van der Waals surface area contributed by atoms with Gasteiger partial charge in [0.2, 0.25) is 5.91 Å². The molecule has 0 saturated heterocycles. The summed E-state index contributed by atoms with van der Waals surface area (Å²) in [5.41, 5.74) is -0.0526. The lowest BCUT2D eigenvalue weighted by molar-refractivity contribution is -0.122. The van der Waals surface area contributed by atoms with Gasteiger partial charge >= 0.3 is 0 Å². The number of nitrogens with one attached hydrogen (secondary N) is 2. The van der Waals surface area contributed by atoms with E-state index in [1.54, 1.807) is 6.08 Å². The first-order valence-electron chi connectivity index (χ1n) is 6.20. The number of hydrogen-bond donors (Lipinski definition) is 2. The van der Waals surface area contributed by atoms with Crippen molar-refractivity contribution in [2.24, 2.45) is 0 Å². The topological polar surface area (TPSA) is 41.1 Å². The van der Waals surface area contributed by atoms with Crippen LogP contribution in [0.25, 0.3) is 0 Å². The van der Waals surface area contributed by atoms with Crippen molar-refractivity contribution in [3.05, 3.63) is 12.7 Å². The molecule has 2 N–H and O–H groups in total. The van der Waals surface area contributed by atoms with Crippen molar-refractivity contribution in [1.29, 1.82) is 0 Å². The first kappa shape index (κ1) is 15.2. The minimum absolute atomic E-state index is 0.0526. The summed E-state index contributed by atoms with van der Waals surface area (Å²) in [5.74, 6) is 0.0716. The Balaban J connectivity index is 3.98. The van der Waals surface area contributed by atoms with Crippen LogP contribution < -0.4 is 10.6 Å². The molecule has 1 atom stereocenters. The molecule has 0 heterocycles. The first-order chi connectivity index (χ1) is 7.58. The Hall–Kier alpha value is -0.830. The molecule has 3 nitrogen and oxygen atoms in total. The average molecular weight is 226 g/mol. The lowest BCUT2D eigenvalue weighted by atomic mass is 9.92. The van der Waals surface area contributed by atoms with Crippen molar-refractivity contribution in [2.75, 3.05) is 13.1 Å². The van der Waals surface area contributed by atoms with Gasteiger partial charge < -0.3 is 10.6 Å². The monoisotopic (exact) mass is 226 g/mol. The summed E-state index contributed by atoms with van der Waals surface area (Å²) in [6, 6.07) is 0. The highest BCUT2D eigenvalue weighted by molar-refractivity contribution is 5.78. The van der Waals surface area contributed by atoms with Crippen molar-refractivity contribution in [1.82, 2.24) is 10.6 Å². The van der Waals surface area contributed by atoms with E-state index in [2.05, 4.69) is 38.0 Å². The van der Waals surface area contributed by atoms with Gasteiger partial charge in [-0.25, -0.2) is 0 Å². The van der Waals surface area contributed by atoms with Gasteiger partial charge in [-0.05, 0) is 19.8 Å². The summed E-state index contributed by atoms with van der Waals surface area (Å²) >= 11 is 0. The van der Waals surface area contributed by atoms with Gasteiger partial charge in [0.15, 0.2) is 0 Å². The van der Waals surface area contributed by atoms with Gasteiger partial charge in [0, 0.05) is 12.1 Å². The normalized spacial score (nSPS) is 14.2. The molecule has 1 amide bonds. The Morgan fingerprint density at radius 2 is 2.12 bits per heavy atom. The predicted molar refractivity (Wildman–Crippen MR) is 69.4 cm³/mol. The van der Waals surface area contributed by atoms with Gasteiger partial charge in [0.05, 0.1) is 6.54 Å². The minimum atomic E-state index is -0.0526. The van der Waals surface area contributed by atoms with Crippen LogP contribution in [-0.4, -0.2) is 24.5 Å². The van der Waals surface area contributed by atoms with Gasteiger partial charge in [-0.3, -0.25) is 4.79 Å². The summed E-state index contributed by atoms with van der Waals surface area (Å²) in [4.78, 5) is 11.6. The van der Waals surface area contributed by atoms with Crippen molar-refractivity contribution >= 4 is 5.91 Å². The van der Waals surface area contributed by atoms with Crippen molar-refractivity contribution < 1.29 is 4.79 Å². The number of unbranched alkanes of at least 4 members (excludes halogenated alkanes) is 1. The van der Waals surface area contributed by atoms with E-state index in [0.717, 1.165) is 19.3 Å². The van der Waals surface area contributed by atoms with Crippen LogP contribution in [0.2, 0.25) is 0 Å². The van der Waals surface area contributed by atoms with Gasteiger partial charge in [-0.1, -0.05) is 32.8 Å². The van der Waals surface area contributed by atoms with E-state index < -0.39 is 0 Å². The molecule has 0 fully saturated rings. The largest absolute Gasteiger partial charge is 0.350 e. The molecule has 0 radical (unpaired) electrons. The fraction of sp³-hybridized carbons (Fsp3) is 0.769. The summed E-state index contributed by atoms with van der Waals surface area (Å²) in [6.45, 7) is 11.0. The van der Waals surface area contributed by atoms with Gasteiger partial charge in [-0.2, -0.15) is 0 Å². The Kier molecular flexibility index (Phi) is 7.90. The van der Waals surface area contributed by atoms with E-state index >= 15 is 0 Å². The van der Waals surface area contributed by atoms with Crippen molar-refractivity contribution in [3.8, 4) is 0 Å². The zero-order valence-corrected chi connectivity index (χ0v) is 10.9. The molecule has 0 spiro atoms. The fourth-order valence-corrected chi connectivity index (χ4v) is 1.56. The zero-order valence-electron chi connectivity index (χ0n) is 10.9. The van der Waals surface area contributed by atoms with Crippen LogP contribution >= 0.6 is 0 Å². The molecule has 0 aliphatic rings. The molecular formula is C13H26N2O. The molecule has 94 valence electrons. The molecule has 0 saturated carbocycles. The molecule has 3 heteroatoms. The standard InChI is InChI=1S/C13H26N2O/c1-5-8-9-13(4,7-3)15-12(16)11-14-10-6-2/h6,14H,2,5,7-11H2,1,3-4H3,(H,15,16). The third-order valence-electron chi connectivity index (χ3n) is 2.88. The lowest BCUT2D eigenvalue weighted by Gasteiger charge is -2.29. The Morgan fingerprint density at radius 1 is 1.44 bits per heavy atom. The average Bonchev–Trinajstić information content (AvgIpc) is 2.27. The maximum atomic E-state index is 11.6. The SMILES string of the molecule is C=CCNCC(=O)NC(C)(CC)CCCC. The molecule has 1 unspecified atom stereocenters. The summed E-state index contributed by atoms with van der Waals surface area (Å²) in [5, 5.41) is 6.11. The fourth-order valence-electron chi connectivity index (χ4n) is 1.56. The summed E-state index contributed by atoms with van der Waals surface area (Å²) < 4.78 is 0. The second kappa shape index (κ2) is 8.34. The number of hydrogen-bond acceptors (Lipinski definition) is 2. The molecule has 0 bridgehead atoms. The second-order valence-electron chi connectivity index (χ2n) is 4.49. The third-order valence-corrected chi connectivity index (χ3v) is 2.88. The molecule has 0 aliphatic carbocycles. The molecule has 0 rings (SSSR count). The predicted octanol–water partition coefficient (Wildman–Crippen LogP) is 2.24. The molecule has 16 heavy (non-hydrogen) atoms. The Bertz CT molecular complexity index is 216. The lowest BCUT2D eigenvalue weighted by Crippen LogP contribution is -2.48. The summed E-state index contributed by atoms with van der Waals surface area (Å²) in [7, 11) is 0. The maximum Gasteiger partial charge on any atom is 0.234 e. The molecule has 0 aliphatic heterocycles. The minimum Gasteiger partial charge on any atom is -0.350 e. The van der Waals surface area contributed by atoms with Crippen LogP contribution in [0, 0.1) is 0 Å². The summed E-state index contributed by atoms with van der Waals surface area (Å²) in [6.07, 6.45) is 6.10. The molecule has 0 aromatic heterocycles. The number of carbonyl (C=O) groups excluding carboxylic acids is 1. The number of carbonyl (C=O) groups is 1. The maximum absolute atomic E-state index is 11.6. The van der Waals surface area contributed by atoms with E-state index in [-0.39, 0.29) is 11.4 Å². The second-order valence-corrected chi connectivity index (χ2v) is 4.49. The Labute approximate surface area is 99.7 Å². The van der Waals surface area contributed by atoms with Crippen molar-refractivity contribution in [3.63, 3.8) is 0 Å². The first-order valence-corrected chi connectivity index (χ1v) is 6.20. The van der Waals surface area contributed by atoms with E-state index in [4.69, 9.17) is 0 Å². The van der Waals surface area contributed by atoms with Crippen molar-refractivity contribution in [2.45, 2.75) is 52.0 Å². The molecular weight excluding hydrogens is 200 g/mol. The highest BCUT2D eigenvalue weighted by Gasteiger charge is 2.22. The highest BCUT2D eigenvalue weighted by atomic mass is 16.2. The highest BCUT2D eigenvalue weighted by Crippen LogP contribution is 2.17. The van der Waals surface area contributed by atoms with Crippen LogP contribution in [0.4, 0.5) is 0 Å². The zero-order chi connectivity index (χ0) is 12.4. The van der Waals surface area contributed by atoms with E-state index in [1.807, 2.05) is 0 Å². The van der Waals surface area contributed by atoms with Crippen LogP contribution in [0.15, 0.2) is 12.7 Å². The van der Waals surface area contributed by atoms with Crippen LogP contribution in [0.3, 0.4) is 0 Å². The van der Waals surface area contributed by atoms with E-state index in [1.165, 1.54) is 6.42 Å². The molecule has 0 aromatic carbocycles. The van der Waals surface area contributed by atoms with Gasteiger partial charge in [-0.15, -0.1) is 6.58 Å². The van der Waals surface area contributed by atoms with E-state index in [9.17, 15) is 4.79 Å².